The predicted octanol–water partition coefficient (Wildman–Crippen LogP) is 9.34. The van der Waals surface area contributed by atoms with Gasteiger partial charge in [0.1, 0.15) is 0 Å². The lowest BCUT2D eigenvalue weighted by Crippen LogP contribution is -1.84. The highest BCUT2D eigenvalue weighted by molar-refractivity contribution is 7.26. The summed E-state index contributed by atoms with van der Waals surface area (Å²) in [6.45, 7) is 4.57. The second-order valence-corrected chi connectivity index (χ2v) is 11.2. The zero-order chi connectivity index (χ0) is 18.8. The molecule has 4 heteroatoms. The van der Waals surface area contributed by atoms with E-state index < -0.39 is 0 Å². The summed E-state index contributed by atoms with van der Waals surface area (Å²) in [5, 5.41) is 9.91. The summed E-state index contributed by atoms with van der Waals surface area (Å²) in [6.07, 6.45) is 0. The first-order valence-corrected chi connectivity index (χ1v) is 12.6. The van der Waals surface area contributed by atoms with Gasteiger partial charge in [-0.2, -0.15) is 0 Å². The Hall–Kier alpha value is -1.98. The highest BCUT2D eigenvalue weighted by Crippen LogP contribution is 2.44. The fourth-order valence-corrected chi connectivity index (χ4v) is 7.99. The van der Waals surface area contributed by atoms with Gasteiger partial charge in [-0.25, -0.2) is 0 Å². The second kappa shape index (κ2) is 6.26. The molecule has 28 heavy (non-hydrogen) atoms. The van der Waals surface area contributed by atoms with Gasteiger partial charge in [-0.3, -0.25) is 0 Å². The van der Waals surface area contributed by atoms with Crippen LogP contribution in [0.5, 0.6) is 0 Å². The number of thiophene rings is 4. The van der Waals surface area contributed by atoms with Crippen molar-refractivity contribution in [2.75, 3.05) is 0 Å². The summed E-state index contributed by atoms with van der Waals surface area (Å²) in [7, 11) is 0. The molecule has 2 aromatic carbocycles. The summed E-state index contributed by atoms with van der Waals surface area (Å²) in [4.78, 5) is 5.48. The summed E-state index contributed by atoms with van der Waals surface area (Å²) in [5.74, 6) is 0. The molecule has 0 aliphatic carbocycles. The van der Waals surface area contributed by atoms with Gasteiger partial charge in [0, 0.05) is 28.9 Å². The molecular formula is C24H16S4. The van der Waals surface area contributed by atoms with E-state index in [4.69, 9.17) is 0 Å². The minimum Gasteiger partial charge on any atom is -0.143 e. The van der Waals surface area contributed by atoms with Crippen molar-refractivity contribution in [1.29, 1.82) is 0 Å². The van der Waals surface area contributed by atoms with Gasteiger partial charge in [-0.05, 0) is 93.7 Å². The molecule has 0 saturated carbocycles. The van der Waals surface area contributed by atoms with Crippen LogP contribution in [-0.2, 0) is 0 Å². The molecule has 0 saturated heterocycles. The fraction of sp³-hybridized carbons (Fsp3) is 0.0833. The van der Waals surface area contributed by atoms with Gasteiger partial charge >= 0.3 is 0 Å². The molecule has 4 heterocycles. The maximum atomic E-state index is 2.41. The molecule has 0 aliphatic rings. The van der Waals surface area contributed by atoms with Crippen LogP contribution in [0.3, 0.4) is 0 Å². The van der Waals surface area contributed by atoms with Crippen LogP contribution in [0.25, 0.3) is 50.5 Å². The summed E-state index contributed by atoms with van der Waals surface area (Å²) in [5.41, 5.74) is 2.81. The number of rotatable bonds is 2. The zero-order valence-electron chi connectivity index (χ0n) is 15.4. The van der Waals surface area contributed by atoms with Gasteiger partial charge in [0.2, 0.25) is 0 Å². The van der Waals surface area contributed by atoms with Crippen molar-refractivity contribution in [3.8, 4) is 19.5 Å². The van der Waals surface area contributed by atoms with E-state index in [1.165, 1.54) is 61.6 Å². The molecule has 0 fully saturated rings. The van der Waals surface area contributed by atoms with E-state index >= 15 is 0 Å². The predicted molar refractivity (Wildman–Crippen MR) is 131 cm³/mol. The minimum atomic E-state index is 1.36. The third kappa shape index (κ3) is 2.45. The van der Waals surface area contributed by atoms with Crippen molar-refractivity contribution in [3.63, 3.8) is 0 Å². The molecule has 136 valence electrons. The van der Waals surface area contributed by atoms with Gasteiger partial charge in [0.15, 0.2) is 0 Å². The lowest BCUT2D eigenvalue weighted by atomic mass is 9.96. The number of hydrogen-bond acceptors (Lipinski definition) is 4. The Bertz CT molecular complexity index is 1340. The number of hydrogen-bond donors (Lipinski definition) is 0. The van der Waals surface area contributed by atoms with Gasteiger partial charge in [0.05, 0.1) is 0 Å². The van der Waals surface area contributed by atoms with Crippen LogP contribution in [-0.4, -0.2) is 0 Å². The largest absolute Gasteiger partial charge is 0.143 e. The molecule has 0 bridgehead atoms. The lowest BCUT2D eigenvalue weighted by Gasteiger charge is -2.08. The van der Waals surface area contributed by atoms with Gasteiger partial charge in [0.25, 0.3) is 0 Å². The quantitative estimate of drug-likeness (QED) is 0.256. The third-order valence-corrected chi connectivity index (χ3v) is 9.80. The Labute approximate surface area is 179 Å². The SMILES string of the molecule is Cc1c2cc(-c3cccs3)sc2cc2c(C)c3cc(-c4cccs4)sc3cc12. The molecule has 0 radical (unpaired) electrons. The maximum Gasteiger partial charge on any atom is 0.0455 e. The molecule has 0 spiro atoms. The Morgan fingerprint density at radius 1 is 0.536 bits per heavy atom. The summed E-state index contributed by atoms with van der Waals surface area (Å²) in [6, 6.07) is 18.3. The Kier molecular flexibility index (Phi) is 3.78. The van der Waals surface area contributed by atoms with E-state index in [0.717, 1.165) is 0 Å². The minimum absolute atomic E-state index is 1.36. The van der Waals surface area contributed by atoms with Crippen LogP contribution in [0.2, 0.25) is 0 Å². The monoisotopic (exact) mass is 432 g/mol. The van der Waals surface area contributed by atoms with Crippen LogP contribution >= 0.6 is 45.3 Å². The molecule has 6 aromatic rings. The topological polar surface area (TPSA) is 0 Å². The molecule has 0 amide bonds. The molecule has 6 rings (SSSR count). The first-order chi connectivity index (χ1) is 13.7. The van der Waals surface area contributed by atoms with E-state index in [1.54, 1.807) is 0 Å². The Balaban J connectivity index is 1.65. The van der Waals surface area contributed by atoms with Crippen LogP contribution in [0.15, 0.2) is 59.3 Å². The second-order valence-electron chi connectivity index (χ2n) is 7.10. The first kappa shape index (κ1) is 16.9. The van der Waals surface area contributed by atoms with E-state index in [-0.39, 0.29) is 0 Å². The molecule has 0 unspecified atom stereocenters. The highest BCUT2D eigenvalue weighted by atomic mass is 32.1. The van der Waals surface area contributed by atoms with Crippen LogP contribution < -0.4 is 0 Å². The van der Waals surface area contributed by atoms with Crippen molar-refractivity contribution >= 4 is 76.3 Å². The standard InChI is InChI=1S/C24H16S4/c1-13-15-9-22-18(12-24(28-22)20-6-4-8-26-20)14(2)16(15)10-21-17(13)11-23(27-21)19-5-3-7-25-19/h3-12H,1-2H3. The highest BCUT2D eigenvalue weighted by Gasteiger charge is 2.15. The molecule has 0 N–H and O–H groups in total. The zero-order valence-corrected chi connectivity index (χ0v) is 18.7. The van der Waals surface area contributed by atoms with Gasteiger partial charge in [-0.1, -0.05) is 12.1 Å². The number of benzene rings is 2. The van der Waals surface area contributed by atoms with Crippen molar-refractivity contribution in [3.05, 3.63) is 70.4 Å². The van der Waals surface area contributed by atoms with E-state index in [1.807, 2.05) is 45.3 Å². The maximum absolute atomic E-state index is 2.41. The van der Waals surface area contributed by atoms with Crippen molar-refractivity contribution in [1.82, 2.24) is 0 Å². The van der Waals surface area contributed by atoms with E-state index in [9.17, 15) is 0 Å². The van der Waals surface area contributed by atoms with Crippen molar-refractivity contribution < 1.29 is 0 Å². The Morgan fingerprint density at radius 3 is 1.39 bits per heavy atom. The average Bonchev–Trinajstić information content (AvgIpc) is 3.47. The van der Waals surface area contributed by atoms with Gasteiger partial charge in [-0.15, -0.1) is 45.3 Å². The molecule has 0 aliphatic heterocycles. The lowest BCUT2D eigenvalue weighted by molar-refractivity contribution is 1.57. The van der Waals surface area contributed by atoms with Crippen LogP contribution in [0.4, 0.5) is 0 Å². The molecule has 0 nitrogen and oxygen atoms in total. The molecule has 0 atom stereocenters. The van der Waals surface area contributed by atoms with Crippen LogP contribution in [0, 0.1) is 13.8 Å². The third-order valence-electron chi connectivity index (χ3n) is 5.51. The van der Waals surface area contributed by atoms with Gasteiger partial charge < -0.3 is 0 Å². The van der Waals surface area contributed by atoms with Crippen LogP contribution in [0.1, 0.15) is 11.1 Å². The van der Waals surface area contributed by atoms with Crippen molar-refractivity contribution in [2.24, 2.45) is 0 Å². The first-order valence-electron chi connectivity index (χ1n) is 9.17. The number of fused-ring (bicyclic) bond motifs is 3. The molecule has 4 aromatic heterocycles. The Morgan fingerprint density at radius 2 is 1.00 bits per heavy atom. The van der Waals surface area contributed by atoms with Crippen molar-refractivity contribution in [2.45, 2.75) is 13.8 Å². The summed E-state index contributed by atoms with van der Waals surface area (Å²) >= 11 is 7.47. The van der Waals surface area contributed by atoms with E-state index in [2.05, 4.69) is 73.1 Å². The normalized spacial score (nSPS) is 11.9. The summed E-state index contributed by atoms with van der Waals surface area (Å²) < 4.78 is 2.79. The van der Waals surface area contributed by atoms with E-state index in [0.29, 0.717) is 0 Å². The number of aryl methyl sites for hydroxylation is 2. The fourth-order valence-electron chi connectivity index (χ4n) is 4.02. The smallest absolute Gasteiger partial charge is 0.0455 e. The molecular weight excluding hydrogens is 417 g/mol. The average molecular weight is 433 g/mol.